The molecule has 8 heteroatoms. The van der Waals surface area contributed by atoms with Gasteiger partial charge in [-0.05, 0) is 13.3 Å². The number of thiocarbonyl (C=S) groups is 1. The van der Waals surface area contributed by atoms with Crippen LogP contribution in [0.3, 0.4) is 0 Å². The highest BCUT2D eigenvalue weighted by molar-refractivity contribution is 7.80. The summed E-state index contributed by atoms with van der Waals surface area (Å²) >= 11 is 4.89. The molecule has 18 heavy (non-hydrogen) atoms. The molecule has 4 nitrogen and oxygen atoms in total. The lowest BCUT2D eigenvalue weighted by Crippen LogP contribution is -2.16. The van der Waals surface area contributed by atoms with E-state index in [1.165, 1.54) is 4.68 Å². The number of rotatable bonds is 5. The third kappa shape index (κ3) is 3.86. The van der Waals surface area contributed by atoms with Crippen LogP contribution in [0.4, 0.5) is 19.0 Å². The highest BCUT2D eigenvalue weighted by atomic mass is 32.1. The monoisotopic (exact) mass is 280 g/mol. The Morgan fingerprint density at radius 2 is 2.11 bits per heavy atom. The van der Waals surface area contributed by atoms with Gasteiger partial charge in [-0.2, -0.15) is 18.3 Å². The summed E-state index contributed by atoms with van der Waals surface area (Å²) in [6, 6.07) is 0. The molecule has 3 N–H and O–H groups in total. The minimum Gasteiger partial charge on any atom is -0.389 e. The Bertz CT molecular complexity index is 439. The highest BCUT2D eigenvalue weighted by Crippen LogP contribution is 2.22. The average molecular weight is 280 g/mol. The zero-order valence-corrected chi connectivity index (χ0v) is 11.0. The molecular formula is C10H15F3N4S. The van der Waals surface area contributed by atoms with E-state index in [4.69, 9.17) is 18.0 Å². The predicted octanol–water partition coefficient (Wildman–Crippen LogP) is 2.12. The Labute approximate surface area is 108 Å². The van der Waals surface area contributed by atoms with Crippen molar-refractivity contribution in [3.05, 3.63) is 11.3 Å². The van der Waals surface area contributed by atoms with Crippen molar-refractivity contribution in [2.45, 2.75) is 25.9 Å². The van der Waals surface area contributed by atoms with Crippen LogP contribution in [0.2, 0.25) is 0 Å². The van der Waals surface area contributed by atoms with Crippen molar-refractivity contribution in [2.24, 2.45) is 12.8 Å². The number of alkyl halides is 3. The van der Waals surface area contributed by atoms with E-state index < -0.39 is 12.6 Å². The van der Waals surface area contributed by atoms with Crippen LogP contribution in [0.15, 0.2) is 0 Å². The average Bonchev–Trinajstić information content (AvgIpc) is 2.46. The fourth-order valence-electron chi connectivity index (χ4n) is 1.65. The molecule has 1 aromatic heterocycles. The lowest BCUT2D eigenvalue weighted by atomic mass is 10.2. The molecule has 0 radical (unpaired) electrons. The molecule has 102 valence electrons. The fraction of sp³-hybridized carbons (Fsp3) is 0.600. The zero-order valence-electron chi connectivity index (χ0n) is 10.1. The van der Waals surface area contributed by atoms with Gasteiger partial charge < -0.3 is 11.1 Å². The van der Waals surface area contributed by atoms with Gasteiger partial charge in [-0.1, -0.05) is 12.2 Å². The Hall–Kier alpha value is -1.31. The Morgan fingerprint density at radius 3 is 2.61 bits per heavy atom. The molecule has 0 spiro atoms. The molecule has 0 unspecified atom stereocenters. The number of hydrogen-bond acceptors (Lipinski definition) is 3. The van der Waals surface area contributed by atoms with Crippen molar-refractivity contribution < 1.29 is 13.2 Å². The second-order valence-corrected chi connectivity index (χ2v) is 4.38. The Balaban J connectivity index is 2.65. The maximum Gasteiger partial charge on any atom is 0.389 e. The smallest absolute Gasteiger partial charge is 0.389 e. The van der Waals surface area contributed by atoms with Crippen molar-refractivity contribution in [3.8, 4) is 0 Å². The molecule has 0 saturated heterocycles. The van der Waals surface area contributed by atoms with Crippen LogP contribution in [0.25, 0.3) is 0 Å². The summed E-state index contributed by atoms with van der Waals surface area (Å²) in [5, 5.41) is 7.01. The number of anilines is 1. The van der Waals surface area contributed by atoms with Gasteiger partial charge in [0.1, 0.15) is 10.8 Å². The topological polar surface area (TPSA) is 55.9 Å². The number of aromatic nitrogens is 2. The second-order valence-electron chi connectivity index (χ2n) is 3.94. The van der Waals surface area contributed by atoms with Gasteiger partial charge in [-0.3, -0.25) is 4.68 Å². The van der Waals surface area contributed by atoms with Gasteiger partial charge in [-0.15, -0.1) is 0 Å². The molecule has 1 aromatic rings. The van der Waals surface area contributed by atoms with Crippen molar-refractivity contribution in [1.82, 2.24) is 9.78 Å². The molecule has 0 saturated carbocycles. The summed E-state index contributed by atoms with van der Waals surface area (Å²) in [4.78, 5) is 0.180. The largest absolute Gasteiger partial charge is 0.389 e. The van der Waals surface area contributed by atoms with E-state index in [-0.39, 0.29) is 18.0 Å². The first-order chi connectivity index (χ1) is 8.22. The Kier molecular flexibility index (Phi) is 4.55. The predicted molar refractivity (Wildman–Crippen MR) is 67.6 cm³/mol. The molecule has 0 aliphatic rings. The summed E-state index contributed by atoms with van der Waals surface area (Å²) in [5.74, 6) is 0.558. The lowest BCUT2D eigenvalue weighted by molar-refractivity contribution is -0.134. The van der Waals surface area contributed by atoms with E-state index in [1.807, 2.05) is 0 Å². The highest BCUT2D eigenvalue weighted by Gasteiger charge is 2.26. The van der Waals surface area contributed by atoms with Crippen LogP contribution in [-0.4, -0.2) is 27.5 Å². The molecular weight excluding hydrogens is 265 g/mol. The van der Waals surface area contributed by atoms with Gasteiger partial charge in [0.05, 0.1) is 11.3 Å². The van der Waals surface area contributed by atoms with E-state index in [9.17, 15) is 13.2 Å². The van der Waals surface area contributed by atoms with E-state index >= 15 is 0 Å². The number of hydrogen-bond donors (Lipinski definition) is 2. The van der Waals surface area contributed by atoms with Crippen LogP contribution in [0, 0.1) is 6.92 Å². The first kappa shape index (κ1) is 14.7. The first-order valence-electron chi connectivity index (χ1n) is 5.36. The number of nitrogens with two attached hydrogens (primary N) is 1. The third-order valence-electron chi connectivity index (χ3n) is 2.40. The van der Waals surface area contributed by atoms with Crippen LogP contribution < -0.4 is 11.1 Å². The van der Waals surface area contributed by atoms with Gasteiger partial charge in [0.25, 0.3) is 0 Å². The van der Waals surface area contributed by atoms with Crippen LogP contribution in [0.5, 0.6) is 0 Å². The number of nitrogens with zero attached hydrogens (tertiary/aromatic N) is 2. The SMILES string of the molecule is Cc1nn(C)c(NCCCC(F)(F)F)c1C(N)=S. The number of halogens is 3. The van der Waals surface area contributed by atoms with Crippen LogP contribution in [0.1, 0.15) is 24.1 Å². The number of aryl methyl sites for hydroxylation is 2. The van der Waals surface area contributed by atoms with Crippen LogP contribution >= 0.6 is 12.2 Å². The molecule has 0 atom stereocenters. The fourth-order valence-corrected chi connectivity index (χ4v) is 1.90. The lowest BCUT2D eigenvalue weighted by Gasteiger charge is -2.10. The second kappa shape index (κ2) is 5.55. The quantitative estimate of drug-likeness (QED) is 0.641. The molecule has 0 bridgehead atoms. The normalized spacial score (nSPS) is 11.6. The maximum absolute atomic E-state index is 12.0. The zero-order chi connectivity index (χ0) is 13.9. The van der Waals surface area contributed by atoms with Gasteiger partial charge in [0.2, 0.25) is 0 Å². The summed E-state index contributed by atoms with van der Waals surface area (Å²) in [6.45, 7) is 1.93. The summed E-state index contributed by atoms with van der Waals surface area (Å²) in [6.07, 6.45) is -4.96. The molecule has 1 heterocycles. The molecule has 0 aliphatic heterocycles. The minimum atomic E-state index is -4.13. The summed E-state index contributed by atoms with van der Waals surface area (Å²) in [7, 11) is 1.68. The van der Waals surface area contributed by atoms with Crippen molar-refractivity contribution in [3.63, 3.8) is 0 Å². The van der Waals surface area contributed by atoms with Crippen LogP contribution in [-0.2, 0) is 7.05 Å². The van der Waals surface area contributed by atoms with E-state index in [1.54, 1.807) is 14.0 Å². The van der Waals surface area contributed by atoms with Crippen molar-refractivity contribution in [2.75, 3.05) is 11.9 Å². The third-order valence-corrected chi connectivity index (χ3v) is 2.60. The van der Waals surface area contributed by atoms with E-state index in [0.717, 1.165) is 0 Å². The van der Waals surface area contributed by atoms with Crippen molar-refractivity contribution in [1.29, 1.82) is 0 Å². The minimum absolute atomic E-state index is 0.00942. The molecule has 0 aromatic carbocycles. The molecule has 0 amide bonds. The van der Waals surface area contributed by atoms with E-state index in [2.05, 4.69) is 10.4 Å². The van der Waals surface area contributed by atoms with Gasteiger partial charge >= 0.3 is 6.18 Å². The standard InChI is InChI=1S/C10H15F3N4S/c1-6-7(8(14)18)9(17(2)16-6)15-5-3-4-10(11,12)13/h15H,3-5H2,1-2H3,(H2,14,18). The van der Waals surface area contributed by atoms with Gasteiger partial charge in [0.15, 0.2) is 0 Å². The molecule has 0 fully saturated rings. The van der Waals surface area contributed by atoms with Gasteiger partial charge in [0, 0.05) is 20.0 Å². The van der Waals surface area contributed by atoms with Crippen molar-refractivity contribution >= 4 is 23.0 Å². The summed E-state index contributed by atoms with van der Waals surface area (Å²) < 4.78 is 37.5. The Morgan fingerprint density at radius 1 is 1.50 bits per heavy atom. The van der Waals surface area contributed by atoms with Gasteiger partial charge in [-0.25, -0.2) is 0 Å². The first-order valence-corrected chi connectivity index (χ1v) is 5.77. The maximum atomic E-state index is 12.0. The summed E-state index contributed by atoms with van der Waals surface area (Å²) in [5.41, 5.74) is 6.80. The number of nitrogens with one attached hydrogen (secondary N) is 1. The van der Waals surface area contributed by atoms with E-state index in [0.29, 0.717) is 17.1 Å². The molecule has 1 rings (SSSR count). The molecule has 0 aliphatic carbocycles.